The van der Waals surface area contributed by atoms with Gasteiger partial charge in [-0.05, 0) is 77.0 Å². The van der Waals surface area contributed by atoms with Gasteiger partial charge in [-0.3, -0.25) is 37.3 Å². The fourth-order valence-electron chi connectivity index (χ4n) is 12.0. The normalized spacial score (nSPS) is 13.9. The van der Waals surface area contributed by atoms with Crippen LogP contribution in [-0.4, -0.2) is 96.7 Å². The highest BCUT2D eigenvalue weighted by atomic mass is 31.2. The maximum atomic E-state index is 13.1. The first kappa shape index (κ1) is 97.5. The molecule has 0 bridgehead atoms. The van der Waals surface area contributed by atoms with Crippen LogP contribution in [0.1, 0.15) is 413 Å². The van der Waals surface area contributed by atoms with E-state index in [9.17, 15) is 43.2 Å². The molecule has 0 saturated carbocycles. The van der Waals surface area contributed by atoms with Crippen LogP contribution in [0.5, 0.6) is 0 Å². The van der Waals surface area contributed by atoms with Crippen LogP contribution < -0.4 is 0 Å². The molecule has 0 fully saturated rings. The van der Waals surface area contributed by atoms with E-state index < -0.39 is 97.5 Å². The molecule has 3 N–H and O–H groups in total. The van der Waals surface area contributed by atoms with Gasteiger partial charge in [0.15, 0.2) is 12.2 Å². The van der Waals surface area contributed by atoms with E-state index >= 15 is 0 Å². The number of aliphatic hydroxyl groups is 1. The molecule has 100 heavy (non-hydrogen) atoms. The summed E-state index contributed by atoms with van der Waals surface area (Å²) in [5, 5.41) is 10.6. The first-order chi connectivity index (χ1) is 48.7. The Morgan fingerprint density at radius 1 is 0.270 bits per heavy atom. The molecule has 0 aromatic carbocycles. The van der Waals surface area contributed by atoms with E-state index in [-0.39, 0.29) is 25.7 Å². The number of unbranched alkanes of at least 4 members (excludes halogenated alkanes) is 50. The third kappa shape index (κ3) is 73.8. The van der Waals surface area contributed by atoms with Crippen molar-refractivity contribution in [2.75, 3.05) is 39.6 Å². The Morgan fingerprint density at radius 2 is 0.460 bits per heavy atom. The number of phosphoric ester groups is 2. The van der Waals surface area contributed by atoms with E-state index in [2.05, 4.69) is 52.0 Å². The maximum absolute atomic E-state index is 13.1. The van der Waals surface area contributed by atoms with E-state index in [0.717, 1.165) is 135 Å². The number of rotatable bonds is 80. The first-order valence-electron chi connectivity index (χ1n) is 41.6. The van der Waals surface area contributed by atoms with Crippen LogP contribution in [-0.2, 0) is 65.4 Å². The molecule has 0 saturated heterocycles. The van der Waals surface area contributed by atoms with Crippen LogP contribution in [0.3, 0.4) is 0 Å². The molecule has 0 spiro atoms. The summed E-state index contributed by atoms with van der Waals surface area (Å²) < 4.78 is 68.7. The lowest BCUT2D eigenvalue weighted by Gasteiger charge is -2.21. The van der Waals surface area contributed by atoms with Crippen LogP contribution in [0.15, 0.2) is 24.3 Å². The van der Waals surface area contributed by atoms with Crippen molar-refractivity contribution < 1.29 is 80.2 Å². The van der Waals surface area contributed by atoms with Gasteiger partial charge in [0, 0.05) is 25.7 Å². The molecule has 19 heteroatoms. The molecule has 0 aromatic rings. The standard InChI is InChI=1S/C81H154O17P2/c1-5-9-13-17-21-25-29-33-37-41-45-49-53-57-61-65-78(83)91-71-76(97-80(85)67-63-59-55-51-47-43-39-35-31-27-23-19-15-11-7-3)73-95-99(87,88)93-69-75(82)70-94-100(89,90)96-74-77(98-81(86)68-64-60-56-52-48-44-40-36-32-28-24-20-16-12-8-4)72-92-79(84)66-62-58-54-50-46-42-38-34-30-26-22-18-14-10-6-2/h25,27,29,31,75-77,82H,5-24,26,28,30,32-74H2,1-4H3,(H,87,88)(H,89,90)/b29-25-,31-27-/t75-,76-,77-/m1/s1. The van der Waals surface area contributed by atoms with Crippen molar-refractivity contribution in [3.05, 3.63) is 24.3 Å². The van der Waals surface area contributed by atoms with Crippen LogP contribution in [0.2, 0.25) is 0 Å². The Labute approximate surface area is 612 Å². The number of hydrogen-bond acceptors (Lipinski definition) is 15. The molecule has 0 heterocycles. The molecule has 0 aliphatic heterocycles. The molecule has 590 valence electrons. The van der Waals surface area contributed by atoms with Crippen molar-refractivity contribution in [1.82, 2.24) is 0 Å². The van der Waals surface area contributed by atoms with Gasteiger partial charge >= 0.3 is 39.5 Å². The van der Waals surface area contributed by atoms with Crippen molar-refractivity contribution in [1.29, 1.82) is 0 Å². The third-order valence-electron chi connectivity index (χ3n) is 18.4. The minimum absolute atomic E-state index is 0.0969. The maximum Gasteiger partial charge on any atom is 0.472 e. The highest BCUT2D eigenvalue weighted by molar-refractivity contribution is 7.47. The van der Waals surface area contributed by atoms with Crippen LogP contribution in [0.4, 0.5) is 0 Å². The third-order valence-corrected chi connectivity index (χ3v) is 20.3. The number of allylic oxidation sites excluding steroid dienone is 4. The predicted octanol–water partition coefficient (Wildman–Crippen LogP) is 24.1. The number of phosphoric acid groups is 2. The van der Waals surface area contributed by atoms with E-state index in [1.54, 1.807) is 0 Å². The van der Waals surface area contributed by atoms with Gasteiger partial charge in [-0.1, -0.05) is 335 Å². The average Bonchev–Trinajstić information content (AvgIpc) is 1.01. The molecule has 0 amide bonds. The van der Waals surface area contributed by atoms with Gasteiger partial charge in [-0.15, -0.1) is 0 Å². The second kappa shape index (κ2) is 74.8. The lowest BCUT2D eigenvalue weighted by atomic mass is 10.0. The van der Waals surface area contributed by atoms with E-state index in [0.29, 0.717) is 25.7 Å². The molecule has 0 aliphatic rings. The number of ether oxygens (including phenoxy) is 4. The van der Waals surface area contributed by atoms with Gasteiger partial charge in [-0.2, -0.15) is 0 Å². The average molecular weight is 1460 g/mol. The van der Waals surface area contributed by atoms with Gasteiger partial charge in [-0.25, -0.2) is 9.13 Å². The largest absolute Gasteiger partial charge is 0.472 e. The van der Waals surface area contributed by atoms with Crippen LogP contribution in [0, 0.1) is 0 Å². The molecule has 0 aromatic heterocycles. The number of carbonyl (C=O) groups excluding carboxylic acids is 4. The highest BCUT2D eigenvalue weighted by Gasteiger charge is 2.30. The molecule has 17 nitrogen and oxygen atoms in total. The SMILES string of the molecule is CCCCCC/C=C\CCCCCCCCCC(=O)OC[C@H](COP(=O)(O)OC[C@@H](O)COP(=O)(O)OC[C@@H](COC(=O)CCCCCCCCCCCCCCCCC)OC(=O)CCCCCCCCCCCCCCCCC)OC(=O)CCCCCCCCC/C=C\CCCCCC. The Morgan fingerprint density at radius 3 is 0.700 bits per heavy atom. The first-order valence-corrected chi connectivity index (χ1v) is 44.6. The molecule has 2 unspecified atom stereocenters. The summed E-state index contributed by atoms with van der Waals surface area (Å²) in [7, 11) is -9.93. The molecule has 0 rings (SSSR count). The highest BCUT2D eigenvalue weighted by Crippen LogP contribution is 2.45. The fraction of sp³-hybridized carbons (Fsp3) is 0.901. The number of esters is 4. The minimum Gasteiger partial charge on any atom is -0.462 e. The van der Waals surface area contributed by atoms with Gasteiger partial charge in [0.05, 0.1) is 26.4 Å². The second-order valence-electron chi connectivity index (χ2n) is 28.4. The monoisotopic (exact) mass is 1460 g/mol. The number of hydrogen-bond donors (Lipinski definition) is 3. The zero-order chi connectivity index (χ0) is 73.2. The molecule has 5 atom stereocenters. The zero-order valence-corrected chi connectivity index (χ0v) is 66.5. The van der Waals surface area contributed by atoms with Gasteiger partial charge in [0.25, 0.3) is 0 Å². The molecule has 0 aliphatic carbocycles. The summed E-state index contributed by atoms with van der Waals surface area (Å²) in [6.45, 7) is 4.97. The van der Waals surface area contributed by atoms with Gasteiger partial charge in [0.1, 0.15) is 19.3 Å². The van der Waals surface area contributed by atoms with Crippen LogP contribution in [0.25, 0.3) is 0 Å². The fourth-order valence-corrected chi connectivity index (χ4v) is 13.6. The van der Waals surface area contributed by atoms with E-state index in [1.807, 2.05) is 0 Å². The van der Waals surface area contributed by atoms with E-state index in [1.165, 1.54) is 199 Å². The Bertz CT molecular complexity index is 1990. The van der Waals surface area contributed by atoms with Crippen molar-refractivity contribution in [2.45, 2.75) is 431 Å². The molecular weight excluding hydrogens is 1310 g/mol. The van der Waals surface area contributed by atoms with Crippen molar-refractivity contribution in [3.8, 4) is 0 Å². The van der Waals surface area contributed by atoms with Gasteiger partial charge < -0.3 is 33.8 Å². The predicted molar refractivity (Wildman–Crippen MR) is 409 cm³/mol. The van der Waals surface area contributed by atoms with Crippen molar-refractivity contribution >= 4 is 39.5 Å². The van der Waals surface area contributed by atoms with Crippen molar-refractivity contribution in [3.63, 3.8) is 0 Å². The minimum atomic E-state index is -4.97. The Balaban J connectivity index is 5.30. The number of carbonyl (C=O) groups is 4. The topological polar surface area (TPSA) is 237 Å². The van der Waals surface area contributed by atoms with Crippen LogP contribution >= 0.6 is 15.6 Å². The van der Waals surface area contributed by atoms with Gasteiger partial charge in [0.2, 0.25) is 0 Å². The molecule has 0 radical (unpaired) electrons. The summed E-state index contributed by atoms with van der Waals surface area (Å²) >= 11 is 0. The van der Waals surface area contributed by atoms with Crippen molar-refractivity contribution in [2.24, 2.45) is 0 Å². The summed E-state index contributed by atoms with van der Waals surface area (Å²) in [6.07, 6.45) is 69.9. The molecular formula is C81H154O17P2. The lowest BCUT2D eigenvalue weighted by Crippen LogP contribution is -2.30. The Hall–Kier alpha value is -2.46. The summed E-state index contributed by atoms with van der Waals surface area (Å²) in [4.78, 5) is 73.1. The lowest BCUT2D eigenvalue weighted by molar-refractivity contribution is -0.161. The Kier molecular flexibility index (Phi) is 73.0. The summed E-state index contributed by atoms with van der Waals surface area (Å²) in [5.74, 6) is -2.13. The summed E-state index contributed by atoms with van der Waals surface area (Å²) in [6, 6.07) is 0. The quantitative estimate of drug-likeness (QED) is 0.0169. The zero-order valence-electron chi connectivity index (χ0n) is 64.7. The second-order valence-corrected chi connectivity index (χ2v) is 31.3. The van der Waals surface area contributed by atoms with E-state index in [4.69, 9.17) is 37.0 Å². The number of aliphatic hydroxyl groups excluding tert-OH is 1. The summed E-state index contributed by atoms with van der Waals surface area (Å²) in [5.41, 5.74) is 0. The smallest absolute Gasteiger partial charge is 0.462 e.